The van der Waals surface area contributed by atoms with Crippen LogP contribution in [-0.4, -0.2) is 57.6 Å². The summed E-state index contributed by atoms with van der Waals surface area (Å²) in [4.78, 5) is 26.8. The summed E-state index contributed by atoms with van der Waals surface area (Å²) in [5.41, 5.74) is 1.22. The van der Waals surface area contributed by atoms with Gasteiger partial charge in [-0.05, 0) is 31.0 Å². The van der Waals surface area contributed by atoms with Crippen LogP contribution in [-0.2, 0) is 26.0 Å². The minimum Gasteiger partial charge on any atom is -0.357 e. The lowest BCUT2D eigenvalue weighted by molar-refractivity contribution is -0.138. The molecule has 0 spiro atoms. The van der Waals surface area contributed by atoms with Crippen molar-refractivity contribution in [2.24, 2.45) is 0 Å². The van der Waals surface area contributed by atoms with E-state index in [0.717, 1.165) is 16.1 Å². The zero-order chi connectivity index (χ0) is 22.3. The molecule has 2 aromatic carbocycles. The minimum atomic E-state index is -3.79. The van der Waals surface area contributed by atoms with Gasteiger partial charge in [-0.2, -0.15) is 0 Å². The van der Waals surface area contributed by atoms with Crippen molar-refractivity contribution in [3.63, 3.8) is 0 Å². The van der Waals surface area contributed by atoms with Gasteiger partial charge in [0.05, 0.1) is 17.0 Å². The number of likely N-dealkylation sites (N-methyl/N-ethyl adjacent to an activating group) is 1. The first-order valence-electron chi connectivity index (χ1n) is 9.42. The van der Waals surface area contributed by atoms with Crippen molar-refractivity contribution < 1.29 is 18.0 Å². The molecule has 0 aliphatic carbocycles. The molecule has 9 heteroatoms. The second kappa shape index (κ2) is 10.4. The van der Waals surface area contributed by atoms with Gasteiger partial charge in [0, 0.05) is 13.6 Å². The van der Waals surface area contributed by atoms with Crippen molar-refractivity contribution in [2.75, 3.05) is 30.7 Å². The number of para-hydroxylation sites is 1. The molecular formula is C21H26ClN3O4S. The molecule has 1 unspecified atom stereocenters. The van der Waals surface area contributed by atoms with E-state index in [9.17, 15) is 18.0 Å². The third-order valence-corrected chi connectivity index (χ3v) is 6.14. The molecule has 0 saturated carbocycles. The Kier molecular flexibility index (Phi) is 8.25. The Morgan fingerprint density at radius 3 is 2.23 bits per heavy atom. The Bertz CT molecular complexity index is 983. The number of carbonyl (C=O) groups excluding carboxylic acids is 2. The lowest BCUT2D eigenvalue weighted by Gasteiger charge is -2.31. The number of sulfonamides is 1. The summed E-state index contributed by atoms with van der Waals surface area (Å²) >= 11 is 6.17. The van der Waals surface area contributed by atoms with E-state index in [4.69, 9.17) is 11.6 Å². The van der Waals surface area contributed by atoms with Crippen molar-refractivity contribution in [1.29, 1.82) is 0 Å². The maximum absolute atomic E-state index is 13.2. The predicted octanol–water partition coefficient (Wildman–Crippen LogP) is 2.31. The Labute approximate surface area is 182 Å². The Morgan fingerprint density at radius 2 is 1.67 bits per heavy atom. The zero-order valence-electron chi connectivity index (χ0n) is 17.2. The molecule has 7 nitrogen and oxygen atoms in total. The molecule has 0 aromatic heterocycles. The average molecular weight is 452 g/mol. The van der Waals surface area contributed by atoms with Gasteiger partial charge in [-0.3, -0.25) is 13.9 Å². The molecule has 1 N–H and O–H groups in total. The molecule has 162 valence electrons. The van der Waals surface area contributed by atoms with Gasteiger partial charge in [0.1, 0.15) is 12.6 Å². The van der Waals surface area contributed by atoms with Gasteiger partial charge >= 0.3 is 0 Å². The first-order chi connectivity index (χ1) is 14.1. The quantitative estimate of drug-likeness (QED) is 0.633. The van der Waals surface area contributed by atoms with E-state index in [1.165, 1.54) is 18.0 Å². The van der Waals surface area contributed by atoms with E-state index in [2.05, 4.69) is 5.32 Å². The van der Waals surface area contributed by atoms with Crippen LogP contribution in [0.5, 0.6) is 0 Å². The summed E-state index contributed by atoms with van der Waals surface area (Å²) in [6.07, 6.45) is 1.54. The standard InChI is InChI=1S/C21H26ClN3O4S/c1-16(21(27)23-2)24(14-13-17-9-5-4-6-10-17)20(26)15-25(30(3,28)29)19-12-8-7-11-18(19)22/h4-12,16H,13-15H2,1-3H3,(H,23,27). The van der Waals surface area contributed by atoms with Crippen molar-refractivity contribution in [3.8, 4) is 0 Å². The van der Waals surface area contributed by atoms with Gasteiger partial charge in [0.2, 0.25) is 21.8 Å². The minimum absolute atomic E-state index is 0.214. The molecule has 30 heavy (non-hydrogen) atoms. The number of hydrogen-bond acceptors (Lipinski definition) is 4. The highest BCUT2D eigenvalue weighted by atomic mass is 35.5. The number of carbonyl (C=O) groups is 2. The van der Waals surface area contributed by atoms with Gasteiger partial charge in [-0.1, -0.05) is 54.1 Å². The molecule has 0 fully saturated rings. The largest absolute Gasteiger partial charge is 0.357 e. The Balaban J connectivity index is 2.30. The van der Waals surface area contributed by atoms with Crippen LogP contribution in [0.2, 0.25) is 5.02 Å². The Morgan fingerprint density at radius 1 is 1.07 bits per heavy atom. The zero-order valence-corrected chi connectivity index (χ0v) is 18.8. The van der Waals surface area contributed by atoms with E-state index in [-0.39, 0.29) is 23.2 Å². The predicted molar refractivity (Wildman–Crippen MR) is 119 cm³/mol. The molecular weight excluding hydrogens is 426 g/mol. The normalized spacial score (nSPS) is 12.1. The Hall–Kier alpha value is -2.58. The third-order valence-electron chi connectivity index (χ3n) is 4.70. The lowest BCUT2D eigenvalue weighted by atomic mass is 10.1. The number of amides is 2. The van der Waals surface area contributed by atoms with Crippen LogP contribution in [0.3, 0.4) is 0 Å². The van der Waals surface area contributed by atoms with E-state index in [1.807, 2.05) is 30.3 Å². The first-order valence-corrected chi connectivity index (χ1v) is 11.6. The molecule has 0 aliphatic rings. The van der Waals surface area contributed by atoms with Crippen LogP contribution in [0.4, 0.5) is 5.69 Å². The molecule has 1 atom stereocenters. The van der Waals surface area contributed by atoms with Crippen molar-refractivity contribution in [1.82, 2.24) is 10.2 Å². The van der Waals surface area contributed by atoms with Crippen LogP contribution in [0, 0.1) is 0 Å². The van der Waals surface area contributed by atoms with Crippen LogP contribution in [0.15, 0.2) is 54.6 Å². The van der Waals surface area contributed by atoms with E-state index < -0.39 is 28.5 Å². The first kappa shape index (κ1) is 23.7. The second-order valence-electron chi connectivity index (χ2n) is 6.83. The number of rotatable bonds is 9. The summed E-state index contributed by atoms with van der Waals surface area (Å²) in [5.74, 6) is -0.826. The topological polar surface area (TPSA) is 86.8 Å². The summed E-state index contributed by atoms with van der Waals surface area (Å²) in [5, 5.41) is 2.75. The smallest absolute Gasteiger partial charge is 0.244 e. The highest BCUT2D eigenvalue weighted by molar-refractivity contribution is 7.92. The van der Waals surface area contributed by atoms with Gasteiger partial charge in [0.15, 0.2) is 0 Å². The van der Waals surface area contributed by atoms with Gasteiger partial charge < -0.3 is 10.2 Å². The molecule has 2 rings (SSSR count). The van der Waals surface area contributed by atoms with Crippen LogP contribution in [0.1, 0.15) is 12.5 Å². The number of nitrogens with zero attached hydrogens (tertiary/aromatic N) is 2. The molecule has 2 aromatic rings. The summed E-state index contributed by atoms with van der Waals surface area (Å²) in [7, 11) is -2.30. The molecule has 0 aliphatic heterocycles. The maximum atomic E-state index is 13.2. The summed E-state index contributed by atoms with van der Waals surface area (Å²) < 4.78 is 25.8. The fourth-order valence-corrected chi connectivity index (χ4v) is 4.18. The highest BCUT2D eigenvalue weighted by Gasteiger charge is 2.30. The number of nitrogens with one attached hydrogen (secondary N) is 1. The van der Waals surface area contributed by atoms with E-state index >= 15 is 0 Å². The monoisotopic (exact) mass is 451 g/mol. The number of hydrogen-bond donors (Lipinski definition) is 1. The maximum Gasteiger partial charge on any atom is 0.244 e. The van der Waals surface area contributed by atoms with Crippen LogP contribution < -0.4 is 9.62 Å². The van der Waals surface area contributed by atoms with E-state index in [1.54, 1.807) is 25.1 Å². The van der Waals surface area contributed by atoms with E-state index in [0.29, 0.717) is 6.42 Å². The number of anilines is 1. The summed E-state index contributed by atoms with van der Waals surface area (Å²) in [6, 6.07) is 15.2. The van der Waals surface area contributed by atoms with Crippen molar-refractivity contribution in [3.05, 3.63) is 65.2 Å². The molecule has 0 bridgehead atoms. The fraction of sp³-hybridized carbons (Fsp3) is 0.333. The van der Waals surface area contributed by atoms with Crippen molar-refractivity contribution in [2.45, 2.75) is 19.4 Å². The number of benzene rings is 2. The van der Waals surface area contributed by atoms with Gasteiger partial charge in [-0.15, -0.1) is 0 Å². The highest BCUT2D eigenvalue weighted by Crippen LogP contribution is 2.27. The van der Waals surface area contributed by atoms with Crippen molar-refractivity contribution >= 4 is 39.1 Å². The van der Waals surface area contributed by atoms with Gasteiger partial charge in [0.25, 0.3) is 0 Å². The molecule has 2 amide bonds. The van der Waals surface area contributed by atoms with Crippen LogP contribution in [0.25, 0.3) is 0 Å². The number of halogens is 1. The average Bonchev–Trinajstić information content (AvgIpc) is 2.72. The second-order valence-corrected chi connectivity index (χ2v) is 9.15. The lowest BCUT2D eigenvalue weighted by Crippen LogP contribution is -2.51. The molecule has 0 radical (unpaired) electrons. The summed E-state index contributed by atoms with van der Waals surface area (Å²) in [6.45, 7) is 1.41. The van der Waals surface area contributed by atoms with Gasteiger partial charge in [-0.25, -0.2) is 8.42 Å². The third kappa shape index (κ3) is 6.21. The van der Waals surface area contributed by atoms with Crippen LogP contribution >= 0.6 is 11.6 Å². The SMILES string of the molecule is CNC(=O)C(C)N(CCc1ccccc1)C(=O)CN(c1ccccc1Cl)S(C)(=O)=O. The fourth-order valence-electron chi connectivity index (χ4n) is 3.03. The molecule has 0 saturated heterocycles. The molecule has 0 heterocycles.